The maximum Gasteiger partial charge on any atom is 0.130 e. The van der Waals surface area contributed by atoms with Gasteiger partial charge in [-0.25, -0.2) is 9.78 Å². The minimum atomic E-state index is -0.478. The Morgan fingerprint density at radius 3 is 2.44 bits per heavy atom. The predicted octanol–water partition coefficient (Wildman–Crippen LogP) is 7.13. The van der Waals surface area contributed by atoms with E-state index in [1.807, 2.05) is 13.8 Å². The predicted molar refractivity (Wildman–Crippen MR) is 139 cm³/mol. The Balaban J connectivity index is 0.000000860. The molecule has 0 aliphatic heterocycles. The van der Waals surface area contributed by atoms with Crippen molar-refractivity contribution in [3.05, 3.63) is 37.5 Å². The van der Waals surface area contributed by atoms with Gasteiger partial charge in [0.05, 0.1) is 13.2 Å². The highest BCUT2D eigenvalue weighted by molar-refractivity contribution is 7.16. The van der Waals surface area contributed by atoms with E-state index < -0.39 is 5.60 Å². The number of aliphatic hydroxyl groups excluding tert-OH is 1. The fourth-order valence-electron chi connectivity index (χ4n) is 7.75. The first kappa shape index (κ1) is 27.8. The van der Waals surface area contributed by atoms with Crippen LogP contribution in [0.4, 0.5) is 0 Å². The highest BCUT2D eigenvalue weighted by atomic mass is 31.0. The lowest BCUT2D eigenvalue weighted by atomic mass is 9.45. The molecule has 3 fully saturated rings. The maximum absolute atomic E-state index is 10.4. The lowest BCUT2D eigenvalue weighted by Gasteiger charge is -2.62. The van der Waals surface area contributed by atoms with Crippen molar-refractivity contribution in [2.45, 2.75) is 90.8 Å². The first-order chi connectivity index (χ1) is 15.4. The second kappa shape index (κ2) is 11.8. The van der Waals surface area contributed by atoms with Crippen molar-refractivity contribution < 1.29 is 14.9 Å². The Bertz CT molecular complexity index is 649. The lowest BCUT2D eigenvalue weighted by Crippen LogP contribution is -2.61. The number of fused-ring (bicyclic) bond motifs is 5. The van der Waals surface area contributed by atoms with Gasteiger partial charge in [0.15, 0.2) is 0 Å². The van der Waals surface area contributed by atoms with Crippen LogP contribution in [-0.4, -0.2) is 30.1 Å². The van der Waals surface area contributed by atoms with Gasteiger partial charge in [0.1, 0.15) is 5.60 Å². The number of rotatable bonds is 5. The summed E-state index contributed by atoms with van der Waals surface area (Å²) in [7, 11) is 4.41. The Kier molecular flexibility index (Phi) is 10.2. The van der Waals surface area contributed by atoms with Gasteiger partial charge >= 0.3 is 0 Å². The van der Waals surface area contributed by atoms with Crippen molar-refractivity contribution >= 4 is 9.24 Å². The lowest BCUT2D eigenvalue weighted by molar-refractivity contribution is -0.377. The molecule has 32 heavy (non-hydrogen) atoms. The van der Waals surface area contributed by atoms with Gasteiger partial charge in [-0.05, 0) is 80.2 Å². The second-order valence-corrected chi connectivity index (χ2v) is 10.8. The van der Waals surface area contributed by atoms with E-state index in [0.717, 1.165) is 30.8 Å². The summed E-state index contributed by atoms with van der Waals surface area (Å²) in [4.78, 5) is 11.2. The van der Waals surface area contributed by atoms with Gasteiger partial charge in [-0.1, -0.05) is 52.0 Å². The van der Waals surface area contributed by atoms with Gasteiger partial charge in [0.2, 0.25) is 0 Å². The molecule has 0 aromatic heterocycles. The SMILES string of the molecule is C=C.CC.COO[C@@]12C=CC3C4CCC(C/C=C/CP)C4(C)CCC3C1(C)CCC(O)C2. The molecule has 3 saturated carbocycles. The van der Waals surface area contributed by atoms with Crippen LogP contribution in [0.3, 0.4) is 0 Å². The van der Waals surface area contributed by atoms with Gasteiger partial charge in [0, 0.05) is 11.8 Å². The number of hydrogen-bond acceptors (Lipinski definition) is 3. The van der Waals surface area contributed by atoms with Crippen molar-refractivity contribution in [3.8, 4) is 0 Å². The standard InChI is InChI=1S/C24H39O3P.C2H6.C2H4/c1-22-12-11-21-19(20(22)8-7-17(22)6-4-5-15-28)10-14-24(27-26-3)16-18(25)9-13-23(21,24)2;2*1-2/h4-5,10,14,17-21,25H,6-9,11-13,15-16,28H2,1-3H3;1-2H3;1-2H2/b5-4+;;/t17?,18?,19?,20?,21?,22?,23?,24-;;/m1../s1. The molecule has 1 N–H and O–H groups in total. The Hall–Kier alpha value is -0.470. The molecule has 0 amide bonds. The van der Waals surface area contributed by atoms with Crippen LogP contribution in [0.5, 0.6) is 0 Å². The summed E-state index contributed by atoms with van der Waals surface area (Å²) in [5.41, 5.74) is 0.0255. The summed E-state index contributed by atoms with van der Waals surface area (Å²) in [6.07, 6.45) is 19.4. The van der Waals surface area contributed by atoms with Crippen LogP contribution in [0.2, 0.25) is 0 Å². The largest absolute Gasteiger partial charge is 0.393 e. The molecule has 184 valence electrons. The van der Waals surface area contributed by atoms with Crippen molar-refractivity contribution in [1.29, 1.82) is 0 Å². The van der Waals surface area contributed by atoms with E-state index in [-0.39, 0.29) is 11.5 Å². The second-order valence-electron chi connectivity index (χ2n) is 10.4. The maximum atomic E-state index is 10.4. The summed E-state index contributed by atoms with van der Waals surface area (Å²) in [5, 5.41) is 10.4. The minimum Gasteiger partial charge on any atom is -0.393 e. The zero-order chi connectivity index (χ0) is 24.0. The van der Waals surface area contributed by atoms with Crippen LogP contribution in [0.15, 0.2) is 37.5 Å². The molecule has 9 atom stereocenters. The smallest absolute Gasteiger partial charge is 0.130 e. The number of aliphatic hydroxyl groups is 1. The summed E-state index contributed by atoms with van der Waals surface area (Å²) in [6, 6.07) is 0. The topological polar surface area (TPSA) is 38.7 Å². The molecule has 3 nitrogen and oxygen atoms in total. The van der Waals surface area contributed by atoms with Gasteiger partial charge in [-0.3, -0.25) is 0 Å². The molecule has 4 heteroatoms. The molecule has 0 saturated heterocycles. The summed E-state index contributed by atoms with van der Waals surface area (Å²) >= 11 is 0. The highest BCUT2D eigenvalue weighted by Crippen LogP contribution is 2.67. The first-order valence-electron chi connectivity index (χ1n) is 12.8. The number of allylic oxidation sites excluding steroid dienone is 3. The Morgan fingerprint density at radius 1 is 1.06 bits per heavy atom. The van der Waals surface area contributed by atoms with E-state index in [2.05, 4.69) is 60.5 Å². The first-order valence-corrected chi connectivity index (χ1v) is 13.7. The van der Waals surface area contributed by atoms with E-state index in [4.69, 9.17) is 9.78 Å². The third-order valence-electron chi connectivity index (χ3n) is 9.39. The van der Waals surface area contributed by atoms with E-state index in [1.165, 1.54) is 32.1 Å². The average Bonchev–Trinajstić information content (AvgIpc) is 3.14. The van der Waals surface area contributed by atoms with Crippen molar-refractivity contribution in [3.63, 3.8) is 0 Å². The van der Waals surface area contributed by atoms with Gasteiger partial charge < -0.3 is 5.11 Å². The zero-order valence-corrected chi connectivity index (χ0v) is 22.5. The van der Waals surface area contributed by atoms with Gasteiger partial charge in [-0.2, -0.15) is 0 Å². The molecule has 4 rings (SSSR count). The normalized spacial score (nSPS) is 44.4. The molecule has 4 aliphatic carbocycles. The van der Waals surface area contributed by atoms with Gasteiger partial charge in [-0.15, -0.1) is 22.4 Å². The fourth-order valence-corrected chi connectivity index (χ4v) is 7.94. The molecule has 0 bridgehead atoms. The Morgan fingerprint density at radius 2 is 1.78 bits per heavy atom. The third kappa shape index (κ3) is 4.70. The molecular weight excluding hydrogens is 415 g/mol. The molecule has 4 aliphatic rings. The number of hydrogen-bond donors (Lipinski definition) is 1. The van der Waals surface area contributed by atoms with Crippen LogP contribution in [0.25, 0.3) is 0 Å². The molecular formula is C28H49O3P. The highest BCUT2D eigenvalue weighted by Gasteiger charge is 2.64. The minimum absolute atomic E-state index is 0.0421. The van der Waals surface area contributed by atoms with Gasteiger partial charge in [0.25, 0.3) is 0 Å². The molecule has 0 radical (unpaired) electrons. The van der Waals surface area contributed by atoms with E-state index in [0.29, 0.717) is 23.7 Å². The van der Waals surface area contributed by atoms with Crippen LogP contribution >= 0.6 is 9.24 Å². The van der Waals surface area contributed by atoms with Crippen molar-refractivity contribution in [1.82, 2.24) is 0 Å². The van der Waals surface area contributed by atoms with E-state index >= 15 is 0 Å². The molecule has 8 unspecified atom stereocenters. The zero-order valence-electron chi connectivity index (χ0n) is 21.3. The van der Waals surface area contributed by atoms with Crippen molar-refractivity contribution in [2.75, 3.05) is 13.3 Å². The molecule has 0 heterocycles. The summed E-state index contributed by atoms with van der Waals surface area (Å²) in [6.45, 7) is 15.0. The third-order valence-corrected chi connectivity index (χ3v) is 9.67. The fraction of sp³-hybridized carbons (Fsp3) is 0.786. The monoisotopic (exact) mass is 464 g/mol. The van der Waals surface area contributed by atoms with Crippen LogP contribution in [-0.2, 0) is 9.78 Å². The van der Waals surface area contributed by atoms with E-state index in [1.54, 1.807) is 7.11 Å². The average molecular weight is 465 g/mol. The van der Waals surface area contributed by atoms with E-state index in [9.17, 15) is 5.11 Å². The Labute approximate surface area is 200 Å². The van der Waals surface area contributed by atoms with Crippen LogP contribution < -0.4 is 0 Å². The molecule has 0 aromatic rings. The van der Waals surface area contributed by atoms with Crippen LogP contribution in [0, 0.1) is 34.5 Å². The van der Waals surface area contributed by atoms with Crippen LogP contribution in [0.1, 0.15) is 79.1 Å². The summed E-state index contributed by atoms with van der Waals surface area (Å²) in [5.74, 6) is 2.87. The van der Waals surface area contributed by atoms with Crippen molar-refractivity contribution in [2.24, 2.45) is 34.5 Å². The quantitative estimate of drug-likeness (QED) is 0.203. The molecule has 0 spiro atoms. The molecule has 0 aromatic carbocycles. The summed E-state index contributed by atoms with van der Waals surface area (Å²) < 4.78 is 0.